The molecule has 0 saturated heterocycles. The smallest absolute Gasteiger partial charge is 0.491 e. The number of benzene rings is 1. The van der Waals surface area contributed by atoms with Gasteiger partial charge in [-0.05, 0) is 19.1 Å². The van der Waals surface area contributed by atoms with E-state index in [1.807, 2.05) is 6.92 Å². The third-order valence-electron chi connectivity index (χ3n) is 2.32. The monoisotopic (exact) mass is 247 g/mol. The molecule has 0 fully saturated rings. The van der Waals surface area contributed by atoms with Gasteiger partial charge in [0.15, 0.2) is 0 Å². The first-order valence-electron chi connectivity index (χ1n) is 5.39. The molecule has 1 rings (SSSR count). The third-order valence-corrected chi connectivity index (χ3v) is 2.32. The fraction of sp³-hybridized carbons (Fsp3) is 0.455. The predicted molar refractivity (Wildman–Crippen MR) is 61.7 cm³/mol. The van der Waals surface area contributed by atoms with Crippen LogP contribution in [0.2, 0.25) is 0 Å². The molecule has 0 radical (unpaired) electrons. The summed E-state index contributed by atoms with van der Waals surface area (Å²) in [6.07, 6.45) is 0.610. The Balaban J connectivity index is 2.56. The van der Waals surface area contributed by atoms with Crippen LogP contribution < -0.4 is 10.2 Å². The van der Waals surface area contributed by atoms with E-state index in [9.17, 15) is 12.9 Å². The summed E-state index contributed by atoms with van der Waals surface area (Å²) in [5.74, 6) is 0.442. The van der Waals surface area contributed by atoms with Crippen molar-refractivity contribution >= 4 is 12.4 Å². The van der Waals surface area contributed by atoms with Gasteiger partial charge in [-0.3, -0.25) is 0 Å². The summed E-state index contributed by atoms with van der Waals surface area (Å²) in [6.45, 7) is -2.52. The van der Waals surface area contributed by atoms with E-state index in [0.717, 1.165) is 12.1 Å². The highest BCUT2D eigenvalue weighted by Gasteiger charge is 2.25. The molecule has 0 aromatic heterocycles. The minimum atomic E-state index is -4.93. The molecule has 2 nitrogen and oxygen atoms in total. The van der Waals surface area contributed by atoms with Crippen molar-refractivity contribution in [2.75, 3.05) is 13.7 Å². The second-order valence-electron chi connectivity index (χ2n) is 3.85. The molecule has 1 aromatic carbocycles. The van der Waals surface area contributed by atoms with Crippen molar-refractivity contribution in [1.82, 2.24) is 0 Å². The first-order valence-corrected chi connectivity index (χ1v) is 5.39. The number of halogens is 3. The molecule has 0 bridgehead atoms. The van der Waals surface area contributed by atoms with Crippen LogP contribution in [0.3, 0.4) is 0 Å². The number of ether oxygens (including phenoxy) is 2. The van der Waals surface area contributed by atoms with E-state index in [4.69, 9.17) is 9.47 Å². The highest BCUT2D eigenvalue weighted by Crippen LogP contribution is 2.15. The Hall–Kier alpha value is -1.17. The van der Waals surface area contributed by atoms with Crippen molar-refractivity contribution in [3.05, 3.63) is 24.3 Å². The summed E-state index contributed by atoms with van der Waals surface area (Å²) >= 11 is 0. The summed E-state index contributed by atoms with van der Waals surface area (Å²) in [5, 5.41) is 0. The SMILES string of the molecule is COCCC(C)Oc1ccc([B-](F)(F)F)cc1. The normalized spacial score (nSPS) is 13.5. The lowest BCUT2D eigenvalue weighted by Crippen LogP contribution is -2.33. The zero-order valence-corrected chi connectivity index (χ0v) is 9.83. The Morgan fingerprint density at radius 3 is 2.24 bits per heavy atom. The van der Waals surface area contributed by atoms with Crippen LogP contribution in [0.4, 0.5) is 12.9 Å². The minimum Gasteiger partial charge on any atom is -0.491 e. The molecule has 0 saturated carbocycles. The second-order valence-corrected chi connectivity index (χ2v) is 3.85. The van der Waals surface area contributed by atoms with Crippen LogP contribution in [-0.4, -0.2) is 26.8 Å². The Bertz CT molecular complexity index is 338. The van der Waals surface area contributed by atoms with E-state index in [1.165, 1.54) is 12.1 Å². The third kappa shape index (κ3) is 4.69. The summed E-state index contributed by atoms with van der Waals surface area (Å²) < 4.78 is 47.4. The van der Waals surface area contributed by atoms with E-state index in [0.29, 0.717) is 18.8 Å². The fourth-order valence-electron chi connectivity index (χ4n) is 1.34. The lowest BCUT2D eigenvalue weighted by molar-refractivity contribution is 0.135. The zero-order valence-electron chi connectivity index (χ0n) is 9.83. The molecular formula is C11H15BF3O2-. The molecule has 0 aliphatic rings. The fourth-order valence-corrected chi connectivity index (χ4v) is 1.34. The van der Waals surface area contributed by atoms with Crippen LogP contribution in [0.15, 0.2) is 24.3 Å². The number of methoxy groups -OCH3 is 1. The first-order chi connectivity index (χ1) is 7.93. The maximum Gasteiger partial charge on any atom is 0.509 e. The van der Waals surface area contributed by atoms with Gasteiger partial charge in [0, 0.05) is 20.1 Å². The topological polar surface area (TPSA) is 18.5 Å². The maximum absolute atomic E-state index is 12.4. The van der Waals surface area contributed by atoms with Crippen molar-refractivity contribution in [3.8, 4) is 5.75 Å². The molecule has 0 amide bonds. The predicted octanol–water partition coefficient (Wildman–Crippen LogP) is 2.54. The van der Waals surface area contributed by atoms with Gasteiger partial charge in [0.25, 0.3) is 0 Å². The molecule has 96 valence electrons. The van der Waals surface area contributed by atoms with E-state index < -0.39 is 12.4 Å². The van der Waals surface area contributed by atoms with Gasteiger partial charge < -0.3 is 22.4 Å². The maximum atomic E-state index is 12.4. The zero-order chi connectivity index (χ0) is 12.9. The van der Waals surface area contributed by atoms with Crippen molar-refractivity contribution in [1.29, 1.82) is 0 Å². The van der Waals surface area contributed by atoms with Gasteiger partial charge in [-0.15, -0.1) is 5.46 Å². The molecule has 0 heterocycles. The lowest BCUT2D eigenvalue weighted by atomic mass is 9.80. The molecule has 1 atom stereocenters. The van der Waals surface area contributed by atoms with Crippen LogP contribution >= 0.6 is 0 Å². The Morgan fingerprint density at radius 2 is 1.76 bits per heavy atom. The Morgan fingerprint density at radius 1 is 1.18 bits per heavy atom. The summed E-state index contributed by atoms with van der Waals surface area (Å²) in [7, 11) is 1.59. The number of hydrogen-bond donors (Lipinski definition) is 0. The Kier molecular flexibility index (Phi) is 4.87. The van der Waals surface area contributed by atoms with Gasteiger partial charge in [0.05, 0.1) is 6.10 Å². The standard InChI is InChI=1S/C11H15BF3O2/c1-9(7-8-16-2)17-11-5-3-10(4-6-11)12(13,14)15/h3-6,9H,7-8H2,1-2H3/q-1. The average molecular weight is 247 g/mol. The first kappa shape index (κ1) is 13.9. The van der Waals surface area contributed by atoms with Crippen LogP contribution in [0.25, 0.3) is 0 Å². The van der Waals surface area contributed by atoms with Crippen molar-refractivity contribution in [2.45, 2.75) is 19.4 Å². The van der Waals surface area contributed by atoms with Gasteiger partial charge in [0.1, 0.15) is 5.75 Å². The molecule has 0 spiro atoms. The molecule has 0 aliphatic carbocycles. The molecule has 17 heavy (non-hydrogen) atoms. The molecule has 0 N–H and O–H groups in total. The van der Waals surface area contributed by atoms with Crippen molar-refractivity contribution in [2.24, 2.45) is 0 Å². The van der Waals surface area contributed by atoms with Gasteiger partial charge in [-0.1, -0.05) is 12.1 Å². The van der Waals surface area contributed by atoms with E-state index in [2.05, 4.69) is 0 Å². The van der Waals surface area contributed by atoms with Crippen LogP contribution in [-0.2, 0) is 4.74 Å². The molecule has 6 heteroatoms. The average Bonchev–Trinajstić information content (AvgIpc) is 2.26. The Labute approximate surface area is 98.8 Å². The van der Waals surface area contributed by atoms with Gasteiger partial charge in [0.2, 0.25) is 0 Å². The summed E-state index contributed by atoms with van der Waals surface area (Å²) in [6, 6.07) is 4.76. The second kappa shape index (κ2) is 5.96. The van der Waals surface area contributed by atoms with E-state index in [1.54, 1.807) is 7.11 Å². The van der Waals surface area contributed by atoms with Gasteiger partial charge >= 0.3 is 6.98 Å². The van der Waals surface area contributed by atoms with Crippen LogP contribution in [0.1, 0.15) is 13.3 Å². The molecule has 1 unspecified atom stereocenters. The summed E-state index contributed by atoms with van der Waals surface area (Å²) in [5.41, 5.74) is -0.609. The van der Waals surface area contributed by atoms with Gasteiger partial charge in [-0.25, -0.2) is 0 Å². The van der Waals surface area contributed by atoms with E-state index >= 15 is 0 Å². The van der Waals surface area contributed by atoms with Gasteiger partial charge in [-0.2, -0.15) is 0 Å². The molecule has 0 aliphatic heterocycles. The largest absolute Gasteiger partial charge is 0.509 e. The summed E-state index contributed by atoms with van der Waals surface area (Å²) in [4.78, 5) is 0. The van der Waals surface area contributed by atoms with Crippen LogP contribution in [0, 0.1) is 0 Å². The number of hydrogen-bond acceptors (Lipinski definition) is 2. The van der Waals surface area contributed by atoms with Crippen molar-refractivity contribution < 1.29 is 22.4 Å². The highest BCUT2D eigenvalue weighted by atomic mass is 19.4. The lowest BCUT2D eigenvalue weighted by Gasteiger charge is -2.17. The quantitative estimate of drug-likeness (QED) is 0.719. The molecular weight excluding hydrogens is 232 g/mol. The molecule has 1 aromatic rings. The minimum absolute atomic E-state index is 0.0859. The van der Waals surface area contributed by atoms with E-state index in [-0.39, 0.29) is 6.10 Å². The van der Waals surface area contributed by atoms with Crippen LogP contribution in [0.5, 0.6) is 5.75 Å². The van der Waals surface area contributed by atoms with Crippen molar-refractivity contribution in [3.63, 3.8) is 0 Å². The highest BCUT2D eigenvalue weighted by molar-refractivity contribution is 6.73. The number of rotatable bonds is 6.